The third kappa shape index (κ3) is 5.27. The molecule has 1 aliphatic carbocycles. The molecule has 0 saturated heterocycles. The second kappa shape index (κ2) is 10.8. The molecule has 2 aromatic heterocycles. The molecule has 0 saturated carbocycles. The second-order valence-electron chi connectivity index (χ2n) is 8.57. The van der Waals surface area contributed by atoms with Gasteiger partial charge in [-0.3, -0.25) is 9.59 Å². The van der Waals surface area contributed by atoms with Gasteiger partial charge in [0.25, 0.3) is 11.8 Å². The summed E-state index contributed by atoms with van der Waals surface area (Å²) < 4.78 is 7.50. The predicted octanol–water partition coefficient (Wildman–Crippen LogP) is 4.17. The normalized spacial score (nSPS) is 12.9. The number of anilines is 1. The molecule has 3 aromatic rings. The molecule has 0 atom stereocenters. The van der Waals surface area contributed by atoms with Crippen LogP contribution in [0.2, 0.25) is 0 Å². The molecule has 0 unspecified atom stereocenters. The lowest BCUT2D eigenvalue weighted by Crippen LogP contribution is -2.26. The van der Waals surface area contributed by atoms with Crippen LogP contribution in [0.1, 0.15) is 83.1 Å². The summed E-state index contributed by atoms with van der Waals surface area (Å²) in [6.45, 7) is 6.85. The zero-order valence-electron chi connectivity index (χ0n) is 19.8. The van der Waals surface area contributed by atoms with Crippen molar-refractivity contribution < 1.29 is 14.3 Å². The Labute approximate surface area is 202 Å². The van der Waals surface area contributed by atoms with E-state index in [1.807, 2.05) is 20.8 Å². The largest absolute Gasteiger partial charge is 0.486 e. The highest BCUT2D eigenvalue weighted by molar-refractivity contribution is 7.17. The van der Waals surface area contributed by atoms with Crippen molar-refractivity contribution in [3.05, 3.63) is 51.7 Å². The number of nitrogens with one attached hydrogen (secondary N) is 2. The van der Waals surface area contributed by atoms with Crippen LogP contribution >= 0.6 is 11.3 Å². The minimum absolute atomic E-state index is 0.107. The number of tetrazole rings is 1. The number of amides is 2. The minimum atomic E-state index is -0.251. The number of hydrogen-bond donors (Lipinski definition) is 2. The monoisotopic (exact) mass is 482 g/mol. The van der Waals surface area contributed by atoms with Crippen molar-refractivity contribution in [1.82, 2.24) is 25.5 Å². The van der Waals surface area contributed by atoms with E-state index in [2.05, 4.69) is 26.2 Å². The molecule has 180 valence electrons. The molecular weight excluding hydrogens is 452 g/mol. The van der Waals surface area contributed by atoms with E-state index in [-0.39, 0.29) is 24.5 Å². The number of fused-ring (bicyclic) bond motifs is 1. The molecule has 0 bridgehead atoms. The van der Waals surface area contributed by atoms with Crippen LogP contribution in [0.15, 0.2) is 24.3 Å². The van der Waals surface area contributed by atoms with Crippen molar-refractivity contribution in [2.45, 2.75) is 65.5 Å². The van der Waals surface area contributed by atoms with Gasteiger partial charge in [-0.1, -0.05) is 6.92 Å². The zero-order chi connectivity index (χ0) is 24.1. The number of carbonyl (C=O) groups excluding carboxylic acids is 2. The van der Waals surface area contributed by atoms with E-state index in [1.54, 1.807) is 28.9 Å². The number of aryl methyl sites for hydroxylation is 1. The van der Waals surface area contributed by atoms with E-state index >= 15 is 0 Å². The lowest BCUT2D eigenvalue weighted by molar-refractivity contribution is 0.0954. The third-order valence-electron chi connectivity index (χ3n) is 5.70. The van der Waals surface area contributed by atoms with Gasteiger partial charge in [0.15, 0.2) is 5.82 Å². The third-order valence-corrected chi connectivity index (χ3v) is 6.90. The Hall–Kier alpha value is -3.27. The Morgan fingerprint density at radius 3 is 2.65 bits per heavy atom. The van der Waals surface area contributed by atoms with Crippen LogP contribution in [0.25, 0.3) is 0 Å². The Balaban J connectivity index is 1.45. The van der Waals surface area contributed by atoms with Crippen LogP contribution in [0, 0.1) is 0 Å². The number of rotatable bonds is 9. The highest BCUT2D eigenvalue weighted by Crippen LogP contribution is 2.38. The number of nitrogens with zero attached hydrogens (tertiary/aromatic N) is 4. The summed E-state index contributed by atoms with van der Waals surface area (Å²) in [5.41, 5.74) is 2.21. The summed E-state index contributed by atoms with van der Waals surface area (Å²) in [7, 11) is 0. The average Bonchev–Trinajstić information content (AvgIpc) is 3.46. The van der Waals surface area contributed by atoms with Crippen molar-refractivity contribution in [1.29, 1.82) is 0 Å². The van der Waals surface area contributed by atoms with Gasteiger partial charge >= 0.3 is 0 Å². The number of hydrogen-bond acceptors (Lipinski definition) is 7. The van der Waals surface area contributed by atoms with E-state index in [4.69, 9.17) is 4.74 Å². The van der Waals surface area contributed by atoms with Gasteiger partial charge in [-0.25, -0.2) is 4.68 Å². The molecule has 9 nitrogen and oxygen atoms in total. The van der Waals surface area contributed by atoms with Gasteiger partial charge < -0.3 is 15.4 Å². The SMILES string of the molecule is CCCNC(=O)c1c(NC(=O)c2ccc(OCc3nnnn3C(C)C)cc2)sc2c1CCCC2. The van der Waals surface area contributed by atoms with Gasteiger partial charge in [-0.05, 0) is 86.2 Å². The summed E-state index contributed by atoms with van der Waals surface area (Å²) in [5, 5.41) is 18.2. The molecule has 1 aromatic carbocycles. The maximum absolute atomic E-state index is 13.0. The highest BCUT2D eigenvalue weighted by atomic mass is 32.1. The van der Waals surface area contributed by atoms with E-state index in [0.717, 1.165) is 37.7 Å². The van der Waals surface area contributed by atoms with Gasteiger partial charge in [0.1, 0.15) is 17.4 Å². The molecule has 0 spiro atoms. The fraction of sp³-hybridized carbons (Fsp3) is 0.458. The molecule has 2 N–H and O–H groups in total. The molecule has 34 heavy (non-hydrogen) atoms. The quantitative estimate of drug-likeness (QED) is 0.474. The first kappa shape index (κ1) is 23.9. The lowest BCUT2D eigenvalue weighted by Gasteiger charge is -2.13. The van der Waals surface area contributed by atoms with Crippen LogP contribution in [-0.4, -0.2) is 38.6 Å². The Morgan fingerprint density at radius 2 is 1.91 bits per heavy atom. The molecule has 2 amide bonds. The number of ether oxygens (including phenoxy) is 1. The fourth-order valence-electron chi connectivity index (χ4n) is 3.96. The molecule has 0 fully saturated rings. The van der Waals surface area contributed by atoms with Crippen molar-refractivity contribution in [3.63, 3.8) is 0 Å². The number of aromatic nitrogens is 4. The van der Waals surface area contributed by atoms with E-state index < -0.39 is 0 Å². The van der Waals surface area contributed by atoms with Crippen LogP contribution in [0.3, 0.4) is 0 Å². The average molecular weight is 483 g/mol. The minimum Gasteiger partial charge on any atom is -0.486 e. The Bertz CT molecular complexity index is 1150. The molecule has 0 aliphatic heterocycles. The molecule has 1 aliphatic rings. The van der Waals surface area contributed by atoms with Crippen LogP contribution in [-0.2, 0) is 19.4 Å². The summed E-state index contributed by atoms with van der Waals surface area (Å²) in [6, 6.07) is 7.04. The molecule has 0 radical (unpaired) electrons. The van der Waals surface area contributed by atoms with Gasteiger partial charge in [0, 0.05) is 17.0 Å². The van der Waals surface area contributed by atoms with Gasteiger partial charge in [-0.2, -0.15) is 0 Å². The zero-order valence-corrected chi connectivity index (χ0v) is 20.6. The van der Waals surface area contributed by atoms with E-state index in [1.165, 1.54) is 16.2 Å². The molecule has 10 heteroatoms. The van der Waals surface area contributed by atoms with Crippen molar-refractivity contribution in [2.24, 2.45) is 0 Å². The lowest BCUT2D eigenvalue weighted by atomic mass is 9.95. The topological polar surface area (TPSA) is 111 Å². The van der Waals surface area contributed by atoms with Crippen LogP contribution < -0.4 is 15.4 Å². The van der Waals surface area contributed by atoms with E-state index in [0.29, 0.717) is 34.2 Å². The number of thiophene rings is 1. The summed E-state index contributed by atoms with van der Waals surface area (Å²) >= 11 is 1.52. The predicted molar refractivity (Wildman–Crippen MR) is 131 cm³/mol. The highest BCUT2D eigenvalue weighted by Gasteiger charge is 2.26. The Kier molecular flexibility index (Phi) is 7.56. The number of carbonyl (C=O) groups is 2. The van der Waals surface area contributed by atoms with Gasteiger partial charge in [-0.15, -0.1) is 16.4 Å². The molecule has 2 heterocycles. The van der Waals surface area contributed by atoms with Crippen molar-refractivity contribution >= 4 is 28.2 Å². The van der Waals surface area contributed by atoms with Gasteiger partial charge in [0.05, 0.1) is 11.6 Å². The fourth-order valence-corrected chi connectivity index (χ4v) is 5.24. The summed E-state index contributed by atoms with van der Waals surface area (Å²) in [6.07, 6.45) is 4.87. The van der Waals surface area contributed by atoms with Crippen molar-refractivity contribution in [3.8, 4) is 5.75 Å². The van der Waals surface area contributed by atoms with Crippen LogP contribution in [0.4, 0.5) is 5.00 Å². The number of benzene rings is 1. The van der Waals surface area contributed by atoms with Gasteiger partial charge in [0.2, 0.25) is 0 Å². The Morgan fingerprint density at radius 1 is 1.15 bits per heavy atom. The first-order valence-electron chi connectivity index (χ1n) is 11.7. The maximum atomic E-state index is 13.0. The second-order valence-corrected chi connectivity index (χ2v) is 9.68. The first-order chi connectivity index (χ1) is 16.5. The smallest absolute Gasteiger partial charge is 0.256 e. The summed E-state index contributed by atoms with van der Waals surface area (Å²) in [5.74, 6) is 0.885. The standard InChI is InChI=1S/C24H30N6O3S/c1-4-13-25-23(32)21-18-7-5-6-8-19(18)34-24(21)26-22(31)16-9-11-17(12-10-16)33-14-20-27-28-29-30(20)15(2)3/h9-12,15H,4-8,13-14H2,1-3H3,(H,25,32)(H,26,31). The maximum Gasteiger partial charge on any atom is 0.256 e. The molecule has 4 rings (SSSR count). The van der Waals surface area contributed by atoms with Crippen molar-refractivity contribution in [2.75, 3.05) is 11.9 Å². The van der Waals surface area contributed by atoms with Crippen LogP contribution in [0.5, 0.6) is 5.75 Å². The van der Waals surface area contributed by atoms with E-state index in [9.17, 15) is 9.59 Å². The summed E-state index contributed by atoms with van der Waals surface area (Å²) in [4.78, 5) is 27.1. The molecular formula is C24H30N6O3S. The first-order valence-corrected chi connectivity index (χ1v) is 12.5.